The van der Waals surface area contributed by atoms with Gasteiger partial charge in [0.25, 0.3) is 0 Å². The van der Waals surface area contributed by atoms with E-state index in [0.717, 1.165) is 45.4 Å². The van der Waals surface area contributed by atoms with Gasteiger partial charge in [-0.1, -0.05) is 0 Å². The van der Waals surface area contributed by atoms with Crippen molar-refractivity contribution in [1.82, 2.24) is 15.5 Å². The quantitative estimate of drug-likeness (QED) is 0.386. The van der Waals surface area contributed by atoms with Crippen LogP contribution in [0.4, 0.5) is 0 Å². The SMILES string of the molecule is CCNC(=NCC1(N2CCOCC2)CCSC1)NC(C)(C)C.I. The minimum absolute atomic E-state index is 0. The summed E-state index contributed by atoms with van der Waals surface area (Å²) in [6, 6.07) is 0. The summed E-state index contributed by atoms with van der Waals surface area (Å²) in [5, 5.41) is 6.86. The lowest BCUT2D eigenvalue weighted by atomic mass is 9.96. The van der Waals surface area contributed by atoms with Crippen molar-refractivity contribution >= 4 is 41.7 Å². The van der Waals surface area contributed by atoms with Gasteiger partial charge in [-0.3, -0.25) is 9.89 Å². The topological polar surface area (TPSA) is 48.9 Å². The van der Waals surface area contributed by atoms with Crippen LogP contribution in [0.2, 0.25) is 0 Å². The Kier molecular flexibility index (Phi) is 8.97. The highest BCUT2D eigenvalue weighted by molar-refractivity contribution is 14.0. The van der Waals surface area contributed by atoms with Crippen molar-refractivity contribution in [3.8, 4) is 0 Å². The molecule has 2 aliphatic heterocycles. The summed E-state index contributed by atoms with van der Waals surface area (Å²) < 4.78 is 5.53. The number of halogens is 1. The molecule has 2 aliphatic rings. The van der Waals surface area contributed by atoms with Crippen LogP contribution in [0.1, 0.15) is 34.1 Å². The standard InChI is InChI=1S/C16H32N4OS.HI/c1-5-17-14(19-15(2,3)4)18-12-16(6-11-22-13-16)20-7-9-21-10-8-20;/h5-13H2,1-4H3,(H2,17,18,19);1H. The van der Waals surface area contributed by atoms with Gasteiger partial charge in [-0.25, -0.2) is 0 Å². The Balaban J connectivity index is 0.00000264. The third-order valence-electron chi connectivity index (χ3n) is 4.13. The van der Waals surface area contributed by atoms with Gasteiger partial charge in [0.15, 0.2) is 5.96 Å². The Morgan fingerprint density at radius 2 is 2.00 bits per heavy atom. The molecule has 1 unspecified atom stereocenters. The molecule has 0 radical (unpaired) electrons. The number of nitrogens with one attached hydrogen (secondary N) is 2. The zero-order valence-electron chi connectivity index (χ0n) is 15.0. The Morgan fingerprint density at radius 3 is 2.52 bits per heavy atom. The molecule has 0 aromatic carbocycles. The molecule has 2 rings (SSSR count). The number of guanidine groups is 1. The average Bonchev–Trinajstić information content (AvgIpc) is 2.95. The van der Waals surface area contributed by atoms with Crippen molar-refractivity contribution in [2.45, 2.75) is 45.2 Å². The number of nitrogens with zero attached hydrogens (tertiary/aromatic N) is 2. The van der Waals surface area contributed by atoms with Gasteiger partial charge in [0.1, 0.15) is 0 Å². The molecular weight excluding hydrogens is 423 g/mol. The molecule has 2 saturated heterocycles. The van der Waals surface area contributed by atoms with Gasteiger partial charge in [-0.15, -0.1) is 24.0 Å². The molecule has 0 aliphatic carbocycles. The molecule has 2 heterocycles. The van der Waals surface area contributed by atoms with Crippen molar-refractivity contribution in [2.75, 3.05) is 50.9 Å². The van der Waals surface area contributed by atoms with E-state index >= 15 is 0 Å². The zero-order chi connectivity index (χ0) is 16.1. The van der Waals surface area contributed by atoms with Crippen molar-refractivity contribution in [2.24, 2.45) is 4.99 Å². The molecule has 7 heteroatoms. The number of hydrogen-bond donors (Lipinski definition) is 2. The summed E-state index contributed by atoms with van der Waals surface area (Å²) in [5.41, 5.74) is 0.242. The predicted molar refractivity (Wildman–Crippen MR) is 111 cm³/mol. The molecule has 0 amide bonds. The lowest BCUT2D eigenvalue weighted by molar-refractivity contribution is -0.0104. The molecule has 2 N–H and O–H groups in total. The number of hydrogen-bond acceptors (Lipinski definition) is 4. The molecule has 0 aromatic heterocycles. The van der Waals surface area contributed by atoms with Crippen LogP contribution in [0, 0.1) is 0 Å². The molecule has 0 saturated carbocycles. The van der Waals surface area contributed by atoms with E-state index in [1.165, 1.54) is 17.9 Å². The molecular formula is C16H33IN4OS. The van der Waals surface area contributed by atoms with Gasteiger partial charge in [0.2, 0.25) is 0 Å². The smallest absolute Gasteiger partial charge is 0.191 e. The maximum Gasteiger partial charge on any atom is 0.191 e. The van der Waals surface area contributed by atoms with Crippen molar-refractivity contribution < 1.29 is 4.74 Å². The van der Waals surface area contributed by atoms with E-state index in [0.29, 0.717) is 0 Å². The first-order chi connectivity index (χ1) is 10.5. The summed E-state index contributed by atoms with van der Waals surface area (Å²) in [4.78, 5) is 7.54. The van der Waals surface area contributed by atoms with E-state index in [1.54, 1.807) is 0 Å². The summed E-state index contributed by atoms with van der Waals surface area (Å²) in [5.74, 6) is 3.36. The Labute approximate surface area is 162 Å². The van der Waals surface area contributed by atoms with E-state index < -0.39 is 0 Å². The summed E-state index contributed by atoms with van der Waals surface area (Å²) in [7, 11) is 0. The van der Waals surface area contributed by atoms with Crippen LogP contribution in [0.15, 0.2) is 4.99 Å². The molecule has 0 bridgehead atoms. The first kappa shape index (κ1) is 21.3. The summed E-state index contributed by atoms with van der Waals surface area (Å²) in [6.45, 7) is 14.2. The second-order valence-corrected chi connectivity index (χ2v) is 8.30. The minimum Gasteiger partial charge on any atom is -0.379 e. The summed E-state index contributed by atoms with van der Waals surface area (Å²) >= 11 is 2.06. The highest BCUT2D eigenvalue weighted by atomic mass is 127. The van der Waals surface area contributed by atoms with Gasteiger partial charge in [0.05, 0.1) is 25.3 Å². The van der Waals surface area contributed by atoms with Gasteiger partial charge in [-0.2, -0.15) is 11.8 Å². The van der Waals surface area contributed by atoms with Crippen molar-refractivity contribution in [3.63, 3.8) is 0 Å². The van der Waals surface area contributed by atoms with Crippen LogP contribution in [0.25, 0.3) is 0 Å². The summed E-state index contributed by atoms with van der Waals surface area (Å²) in [6.07, 6.45) is 1.23. The molecule has 0 aromatic rings. The molecule has 1 atom stereocenters. The molecule has 136 valence electrons. The fraction of sp³-hybridized carbons (Fsp3) is 0.938. The van der Waals surface area contributed by atoms with Crippen molar-refractivity contribution in [1.29, 1.82) is 0 Å². The van der Waals surface area contributed by atoms with Gasteiger partial charge in [0, 0.05) is 30.9 Å². The average molecular weight is 456 g/mol. The Morgan fingerprint density at radius 1 is 1.30 bits per heavy atom. The first-order valence-corrected chi connectivity index (χ1v) is 9.58. The van der Waals surface area contributed by atoms with Crippen LogP contribution < -0.4 is 10.6 Å². The molecule has 23 heavy (non-hydrogen) atoms. The van der Waals surface area contributed by atoms with Crippen molar-refractivity contribution in [3.05, 3.63) is 0 Å². The highest BCUT2D eigenvalue weighted by Gasteiger charge is 2.40. The normalized spacial score (nSPS) is 26.7. The predicted octanol–water partition coefficient (Wildman–Crippen LogP) is 2.17. The number of ether oxygens (including phenoxy) is 1. The van der Waals surface area contributed by atoms with Gasteiger partial charge >= 0.3 is 0 Å². The number of rotatable bonds is 4. The lowest BCUT2D eigenvalue weighted by Gasteiger charge is -2.42. The third kappa shape index (κ3) is 6.59. The van der Waals surface area contributed by atoms with Crippen LogP contribution in [0.3, 0.4) is 0 Å². The minimum atomic E-state index is 0. The second kappa shape index (κ2) is 9.68. The van der Waals surface area contributed by atoms with E-state index in [-0.39, 0.29) is 35.1 Å². The second-order valence-electron chi connectivity index (χ2n) is 7.20. The highest BCUT2D eigenvalue weighted by Crippen LogP contribution is 2.34. The Bertz CT molecular complexity index is 375. The Hall–Kier alpha value is 0.270. The monoisotopic (exact) mass is 456 g/mol. The molecule has 5 nitrogen and oxygen atoms in total. The third-order valence-corrected chi connectivity index (χ3v) is 5.37. The van der Waals surface area contributed by atoms with E-state index in [4.69, 9.17) is 9.73 Å². The largest absolute Gasteiger partial charge is 0.379 e. The van der Waals surface area contributed by atoms with Crippen LogP contribution in [-0.2, 0) is 4.74 Å². The van der Waals surface area contributed by atoms with Crippen LogP contribution in [0.5, 0.6) is 0 Å². The van der Waals surface area contributed by atoms with E-state index in [2.05, 4.69) is 55.0 Å². The first-order valence-electron chi connectivity index (χ1n) is 8.42. The fourth-order valence-electron chi connectivity index (χ4n) is 3.00. The lowest BCUT2D eigenvalue weighted by Crippen LogP contribution is -2.56. The zero-order valence-corrected chi connectivity index (χ0v) is 18.1. The van der Waals surface area contributed by atoms with Gasteiger partial charge in [-0.05, 0) is 39.9 Å². The van der Waals surface area contributed by atoms with Crippen LogP contribution >= 0.6 is 35.7 Å². The molecule has 2 fully saturated rings. The van der Waals surface area contributed by atoms with Gasteiger partial charge < -0.3 is 15.4 Å². The number of thioether (sulfide) groups is 1. The maximum atomic E-state index is 5.53. The van der Waals surface area contributed by atoms with Crippen LogP contribution in [-0.4, -0.2) is 72.8 Å². The number of aliphatic imine (C=N–C) groups is 1. The van der Waals surface area contributed by atoms with E-state index in [9.17, 15) is 0 Å². The molecule has 0 spiro atoms. The fourth-order valence-corrected chi connectivity index (χ4v) is 4.46. The maximum absolute atomic E-state index is 5.53. The van der Waals surface area contributed by atoms with E-state index in [1.807, 2.05) is 0 Å². The number of morpholine rings is 1.